The Morgan fingerprint density at radius 1 is 1.24 bits per heavy atom. The number of aromatic nitrogens is 1. The van der Waals surface area contributed by atoms with Gasteiger partial charge in [0.2, 0.25) is 0 Å². The zero-order valence-electron chi connectivity index (χ0n) is 8.90. The van der Waals surface area contributed by atoms with Crippen molar-refractivity contribution in [3.8, 4) is 0 Å². The molecular formula is C12H11BrFN3. The second kappa shape index (κ2) is 5.35. The Labute approximate surface area is 107 Å². The van der Waals surface area contributed by atoms with Crippen LogP contribution >= 0.6 is 15.9 Å². The Kier molecular flexibility index (Phi) is 3.83. The standard InChI is InChI=1S/C12H11BrFN3/c13-8-5-6-11(16-7-8)12(17-15)9-3-1-2-4-10(9)14/h1-7,12,17H,15H2. The number of hydrazine groups is 1. The highest BCUT2D eigenvalue weighted by Crippen LogP contribution is 2.22. The topological polar surface area (TPSA) is 50.9 Å². The Bertz CT molecular complexity index is 501. The number of nitrogens with two attached hydrogens (primary N) is 1. The molecule has 1 unspecified atom stereocenters. The van der Waals surface area contributed by atoms with Gasteiger partial charge < -0.3 is 0 Å². The zero-order chi connectivity index (χ0) is 12.3. The van der Waals surface area contributed by atoms with Crippen LogP contribution in [0.25, 0.3) is 0 Å². The van der Waals surface area contributed by atoms with Crippen molar-refractivity contribution in [1.82, 2.24) is 10.4 Å². The minimum absolute atomic E-state index is 0.305. The number of rotatable bonds is 3. The van der Waals surface area contributed by atoms with Crippen molar-refractivity contribution in [3.63, 3.8) is 0 Å². The minimum atomic E-state index is -0.454. The smallest absolute Gasteiger partial charge is 0.128 e. The molecule has 0 bridgehead atoms. The molecule has 0 aliphatic heterocycles. The molecule has 1 atom stereocenters. The van der Waals surface area contributed by atoms with Gasteiger partial charge in [0.25, 0.3) is 0 Å². The van der Waals surface area contributed by atoms with Gasteiger partial charge in [0.15, 0.2) is 0 Å². The lowest BCUT2D eigenvalue weighted by Crippen LogP contribution is -2.30. The molecule has 0 spiro atoms. The fraction of sp³-hybridized carbons (Fsp3) is 0.0833. The SMILES string of the molecule is NNC(c1ccc(Br)cn1)c1ccccc1F. The highest BCUT2D eigenvalue weighted by molar-refractivity contribution is 9.10. The zero-order valence-corrected chi connectivity index (χ0v) is 10.5. The summed E-state index contributed by atoms with van der Waals surface area (Å²) in [7, 11) is 0. The van der Waals surface area contributed by atoms with Crippen molar-refractivity contribution < 1.29 is 4.39 Å². The maximum atomic E-state index is 13.7. The van der Waals surface area contributed by atoms with Crippen LogP contribution in [0.5, 0.6) is 0 Å². The largest absolute Gasteiger partial charge is 0.271 e. The van der Waals surface area contributed by atoms with Crippen LogP contribution in [0.4, 0.5) is 4.39 Å². The van der Waals surface area contributed by atoms with E-state index in [1.807, 2.05) is 6.07 Å². The van der Waals surface area contributed by atoms with Gasteiger partial charge in [-0.05, 0) is 34.1 Å². The number of pyridine rings is 1. The molecular weight excluding hydrogens is 285 g/mol. The van der Waals surface area contributed by atoms with E-state index in [4.69, 9.17) is 5.84 Å². The van der Waals surface area contributed by atoms with Gasteiger partial charge in [-0.15, -0.1) is 0 Å². The summed E-state index contributed by atoms with van der Waals surface area (Å²) in [6, 6.07) is 9.67. The molecule has 3 N–H and O–H groups in total. The molecule has 0 aliphatic rings. The first kappa shape index (κ1) is 12.2. The van der Waals surface area contributed by atoms with Crippen LogP contribution in [0.15, 0.2) is 47.1 Å². The van der Waals surface area contributed by atoms with Crippen molar-refractivity contribution in [2.75, 3.05) is 0 Å². The quantitative estimate of drug-likeness (QED) is 0.676. The molecule has 0 fully saturated rings. The molecule has 1 aromatic carbocycles. The molecule has 88 valence electrons. The maximum absolute atomic E-state index is 13.7. The average molecular weight is 296 g/mol. The summed E-state index contributed by atoms with van der Waals surface area (Å²) in [4.78, 5) is 4.21. The lowest BCUT2D eigenvalue weighted by atomic mass is 10.0. The van der Waals surface area contributed by atoms with Crippen molar-refractivity contribution in [1.29, 1.82) is 0 Å². The third kappa shape index (κ3) is 2.69. The van der Waals surface area contributed by atoms with Crippen LogP contribution < -0.4 is 11.3 Å². The third-order valence-electron chi connectivity index (χ3n) is 2.43. The van der Waals surface area contributed by atoms with E-state index in [1.165, 1.54) is 6.07 Å². The van der Waals surface area contributed by atoms with Gasteiger partial charge in [0.1, 0.15) is 5.82 Å². The summed E-state index contributed by atoms with van der Waals surface area (Å²) in [5, 5.41) is 0. The van der Waals surface area contributed by atoms with E-state index in [0.29, 0.717) is 11.3 Å². The summed E-state index contributed by atoms with van der Waals surface area (Å²) in [5.74, 6) is 5.17. The van der Waals surface area contributed by atoms with Crippen LogP contribution in [0.2, 0.25) is 0 Å². The van der Waals surface area contributed by atoms with E-state index in [1.54, 1.807) is 30.5 Å². The fourth-order valence-corrected chi connectivity index (χ4v) is 1.84. The molecule has 17 heavy (non-hydrogen) atoms. The highest BCUT2D eigenvalue weighted by atomic mass is 79.9. The molecule has 3 nitrogen and oxygen atoms in total. The van der Waals surface area contributed by atoms with Gasteiger partial charge in [-0.1, -0.05) is 18.2 Å². The Hall–Kier alpha value is -1.30. The van der Waals surface area contributed by atoms with E-state index >= 15 is 0 Å². The summed E-state index contributed by atoms with van der Waals surface area (Å²) in [6.45, 7) is 0. The van der Waals surface area contributed by atoms with Gasteiger partial charge in [0.05, 0.1) is 11.7 Å². The molecule has 0 radical (unpaired) electrons. The maximum Gasteiger partial charge on any atom is 0.128 e. The van der Waals surface area contributed by atoms with Crippen molar-refractivity contribution in [2.45, 2.75) is 6.04 Å². The first-order valence-corrected chi connectivity index (χ1v) is 5.83. The van der Waals surface area contributed by atoms with Crippen LogP contribution in [0.1, 0.15) is 17.3 Å². The van der Waals surface area contributed by atoms with Gasteiger partial charge in [-0.3, -0.25) is 10.8 Å². The first-order valence-electron chi connectivity index (χ1n) is 5.04. The molecule has 1 aromatic heterocycles. The number of nitrogens with zero attached hydrogens (tertiary/aromatic N) is 1. The molecule has 0 saturated carbocycles. The van der Waals surface area contributed by atoms with E-state index in [9.17, 15) is 4.39 Å². The van der Waals surface area contributed by atoms with Crippen LogP contribution in [-0.2, 0) is 0 Å². The van der Waals surface area contributed by atoms with Crippen LogP contribution in [-0.4, -0.2) is 4.98 Å². The predicted molar refractivity (Wildman–Crippen MR) is 67.5 cm³/mol. The highest BCUT2D eigenvalue weighted by Gasteiger charge is 2.16. The molecule has 0 saturated heterocycles. The van der Waals surface area contributed by atoms with Crippen LogP contribution in [0, 0.1) is 5.82 Å². The van der Waals surface area contributed by atoms with Gasteiger partial charge in [0, 0.05) is 16.2 Å². The molecule has 0 aliphatic carbocycles. The predicted octanol–water partition coefficient (Wildman–Crippen LogP) is 2.54. The molecule has 1 heterocycles. The second-order valence-electron chi connectivity index (χ2n) is 3.52. The number of benzene rings is 1. The van der Waals surface area contributed by atoms with Crippen molar-refractivity contribution >= 4 is 15.9 Å². The number of hydrogen-bond acceptors (Lipinski definition) is 3. The molecule has 0 amide bonds. The molecule has 2 aromatic rings. The van der Waals surface area contributed by atoms with E-state index in [-0.39, 0.29) is 5.82 Å². The summed E-state index contributed by atoms with van der Waals surface area (Å²) in [5.41, 5.74) is 3.72. The van der Waals surface area contributed by atoms with Gasteiger partial charge in [-0.25, -0.2) is 9.82 Å². The number of hydrogen-bond donors (Lipinski definition) is 2. The Morgan fingerprint density at radius 3 is 2.59 bits per heavy atom. The molecule has 2 rings (SSSR count). The third-order valence-corrected chi connectivity index (χ3v) is 2.90. The van der Waals surface area contributed by atoms with E-state index < -0.39 is 6.04 Å². The fourth-order valence-electron chi connectivity index (χ4n) is 1.60. The van der Waals surface area contributed by atoms with Crippen molar-refractivity contribution in [2.24, 2.45) is 5.84 Å². The lowest BCUT2D eigenvalue weighted by molar-refractivity contribution is 0.553. The van der Waals surface area contributed by atoms with Crippen LogP contribution in [0.3, 0.4) is 0 Å². The Balaban J connectivity index is 2.40. The van der Waals surface area contributed by atoms with Gasteiger partial charge >= 0.3 is 0 Å². The second-order valence-corrected chi connectivity index (χ2v) is 4.44. The van der Waals surface area contributed by atoms with E-state index in [2.05, 4.69) is 26.3 Å². The number of nitrogens with one attached hydrogen (secondary N) is 1. The minimum Gasteiger partial charge on any atom is -0.271 e. The average Bonchev–Trinajstić information content (AvgIpc) is 2.35. The Morgan fingerprint density at radius 2 is 2.00 bits per heavy atom. The van der Waals surface area contributed by atoms with Gasteiger partial charge in [-0.2, -0.15) is 0 Å². The van der Waals surface area contributed by atoms with Crippen molar-refractivity contribution in [3.05, 3.63) is 64.1 Å². The normalized spacial score (nSPS) is 12.4. The molecule has 5 heteroatoms. The first-order chi connectivity index (χ1) is 8.22. The summed E-state index contributed by atoms with van der Waals surface area (Å²) in [6.07, 6.45) is 1.65. The summed E-state index contributed by atoms with van der Waals surface area (Å²) < 4.78 is 14.5. The van der Waals surface area contributed by atoms with E-state index in [0.717, 1.165) is 4.47 Å². The number of halogens is 2. The monoisotopic (exact) mass is 295 g/mol. The lowest BCUT2D eigenvalue weighted by Gasteiger charge is -2.16. The summed E-state index contributed by atoms with van der Waals surface area (Å²) >= 11 is 3.30.